The highest BCUT2D eigenvalue weighted by molar-refractivity contribution is 7.26. The van der Waals surface area contributed by atoms with Crippen LogP contribution in [0.2, 0.25) is 0 Å². The summed E-state index contributed by atoms with van der Waals surface area (Å²) in [4.78, 5) is 4.46. The van der Waals surface area contributed by atoms with Crippen molar-refractivity contribution in [1.82, 2.24) is 0 Å². The van der Waals surface area contributed by atoms with Crippen LogP contribution in [-0.4, -0.2) is 0 Å². The van der Waals surface area contributed by atoms with Crippen molar-refractivity contribution >= 4 is 85.5 Å². The van der Waals surface area contributed by atoms with E-state index in [-0.39, 0.29) is 0 Å². The van der Waals surface area contributed by atoms with Gasteiger partial charge in [-0.15, -0.1) is 22.7 Å². The van der Waals surface area contributed by atoms with Gasteiger partial charge in [-0.2, -0.15) is 0 Å². The van der Waals surface area contributed by atoms with Crippen LogP contribution < -0.4 is 20.2 Å². The molecule has 0 bridgehead atoms. The van der Waals surface area contributed by atoms with E-state index in [0.717, 1.165) is 0 Å². The number of nitrogens with zero attached hydrogens (tertiary/aromatic N) is 2. The third-order valence-electron chi connectivity index (χ3n) is 8.53. The largest absolute Gasteiger partial charge is 0.322 e. The predicted octanol–water partition coefficient (Wildman–Crippen LogP) is 9.82. The zero-order valence-corrected chi connectivity index (χ0v) is 25.4. The quantitative estimate of drug-likeness (QED) is 0.195. The molecule has 9 rings (SSSR count). The molecule has 5 aromatic carbocycles. The highest BCUT2D eigenvalue weighted by Crippen LogP contribution is 2.41. The third kappa shape index (κ3) is 4.15. The fourth-order valence-corrected chi connectivity index (χ4v) is 8.73. The van der Waals surface area contributed by atoms with Crippen molar-refractivity contribution in [3.63, 3.8) is 0 Å². The number of anilines is 2. The van der Waals surface area contributed by atoms with Gasteiger partial charge >= 0.3 is 0 Å². The molecule has 4 heterocycles. The molecule has 0 radical (unpaired) electrons. The molecule has 0 amide bonds. The van der Waals surface area contributed by atoms with Crippen LogP contribution in [0.4, 0.5) is 11.4 Å². The van der Waals surface area contributed by atoms with Crippen LogP contribution >= 0.6 is 22.7 Å². The summed E-state index contributed by atoms with van der Waals surface area (Å²) in [5.74, 6) is 0. The maximum Gasteiger partial charge on any atom is 0.0628 e. The van der Waals surface area contributed by atoms with Crippen molar-refractivity contribution in [3.8, 4) is 0 Å². The van der Waals surface area contributed by atoms with E-state index in [1.807, 2.05) is 22.7 Å². The van der Waals surface area contributed by atoms with Crippen LogP contribution in [0.1, 0.15) is 0 Å². The van der Waals surface area contributed by atoms with Crippen LogP contribution in [0.3, 0.4) is 0 Å². The zero-order valence-electron chi connectivity index (χ0n) is 23.7. The fourth-order valence-electron chi connectivity index (χ4n) is 6.29. The lowest BCUT2D eigenvalue weighted by Gasteiger charge is -2.20. The normalized spacial score (nSPS) is 14.7. The maximum absolute atomic E-state index is 2.23. The minimum atomic E-state index is 1.21. The standard InChI is InChI=1S/C40H26N2S2/c1-3-13-37-31(7-1)33-9-5-11-35(39(33)43-37)41-23-19-29(20-24-41)27-15-17-28(18-16-27)30-21-25-42(26-22-30)36-12-6-10-34-32-8-2-4-14-38(32)44-40(34)36/h1-26H. The van der Waals surface area contributed by atoms with Crippen molar-refractivity contribution in [2.24, 2.45) is 0 Å². The summed E-state index contributed by atoms with van der Waals surface area (Å²) in [6.45, 7) is 0. The average Bonchev–Trinajstić information content (AvgIpc) is 3.67. The van der Waals surface area contributed by atoms with Crippen LogP contribution in [0.25, 0.3) is 51.5 Å². The maximum atomic E-state index is 2.23. The van der Waals surface area contributed by atoms with Gasteiger partial charge in [0.15, 0.2) is 0 Å². The van der Waals surface area contributed by atoms with Crippen molar-refractivity contribution < 1.29 is 0 Å². The van der Waals surface area contributed by atoms with E-state index in [1.165, 1.54) is 73.3 Å². The molecule has 0 aliphatic carbocycles. The number of hydrogen-bond donors (Lipinski definition) is 0. The number of benzene rings is 5. The Kier molecular flexibility index (Phi) is 5.90. The first kappa shape index (κ1) is 25.3. The second-order valence-electron chi connectivity index (χ2n) is 11.1. The minimum Gasteiger partial charge on any atom is -0.322 e. The first-order chi connectivity index (χ1) is 21.8. The molecule has 2 aromatic heterocycles. The van der Waals surface area contributed by atoms with Crippen LogP contribution in [0.5, 0.6) is 0 Å². The number of fused-ring (bicyclic) bond motifs is 6. The van der Waals surface area contributed by atoms with E-state index in [0.29, 0.717) is 0 Å². The molecule has 7 aromatic rings. The molecule has 0 fully saturated rings. The van der Waals surface area contributed by atoms with Gasteiger partial charge in [0.25, 0.3) is 0 Å². The second kappa shape index (κ2) is 10.2. The highest BCUT2D eigenvalue weighted by Gasteiger charge is 2.14. The molecule has 0 saturated heterocycles. The van der Waals surface area contributed by atoms with Gasteiger partial charge in [0, 0.05) is 55.7 Å². The second-order valence-corrected chi connectivity index (χ2v) is 13.2. The van der Waals surface area contributed by atoms with Gasteiger partial charge in [-0.1, -0.05) is 84.9 Å². The van der Waals surface area contributed by atoms with Crippen LogP contribution in [0.15, 0.2) is 158 Å². The number of allylic oxidation sites excluding steroid dienone is 4. The molecule has 44 heavy (non-hydrogen) atoms. The van der Waals surface area contributed by atoms with Crippen molar-refractivity contribution in [3.05, 3.63) is 169 Å². The molecule has 0 atom stereocenters. The Balaban J connectivity index is 0.993. The van der Waals surface area contributed by atoms with E-state index in [9.17, 15) is 0 Å². The SMILES string of the molecule is C1=CN(c2cccc3c2sc2ccccc23)C=CC1=c1ccc(=C2C=CN(c3cccc4c3sc3ccccc34)C=C2)cc1. The third-order valence-corrected chi connectivity index (χ3v) is 11.0. The van der Waals surface area contributed by atoms with Crippen molar-refractivity contribution in [2.75, 3.05) is 9.80 Å². The van der Waals surface area contributed by atoms with Gasteiger partial charge in [-0.3, -0.25) is 0 Å². The van der Waals surface area contributed by atoms with Gasteiger partial charge in [-0.05, 0) is 70.2 Å². The topological polar surface area (TPSA) is 6.48 Å². The van der Waals surface area contributed by atoms with Crippen molar-refractivity contribution in [2.45, 2.75) is 0 Å². The molecule has 2 aliphatic rings. The Bertz CT molecular complexity index is 2290. The molecule has 0 N–H and O–H groups in total. The Hall–Kier alpha value is -5.16. The molecule has 4 heteroatoms. The Morgan fingerprint density at radius 3 is 1.18 bits per heavy atom. The van der Waals surface area contributed by atoms with Gasteiger partial charge in [-0.25, -0.2) is 0 Å². The molecule has 2 nitrogen and oxygen atoms in total. The molecule has 0 spiro atoms. The summed E-state index contributed by atoms with van der Waals surface area (Å²) in [7, 11) is 0. The van der Waals surface area contributed by atoms with E-state index in [2.05, 4.69) is 168 Å². The number of hydrogen-bond acceptors (Lipinski definition) is 4. The lowest BCUT2D eigenvalue weighted by molar-refractivity contribution is 1.28. The van der Waals surface area contributed by atoms with E-state index >= 15 is 0 Å². The summed E-state index contributed by atoms with van der Waals surface area (Å²) in [6.07, 6.45) is 17.5. The first-order valence-electron chi connectivity index (χ1n) is 14.7. The van der Waals surface area contributed by atoms with E-state index in [1.54, 1.807) is 0 Å². The van der Waals surface area contributed by atoms with Crippen molar-refractivity contribution in [1.29, 1.82) is 0 Å². The van der Waals surface area contributed by atoms with Crippen LogP contribution in [-0.2, 0) is 0 Å². The molecule has 0 saturated carbocycles. The minimum absolute atomic E-state index is 1.21. The molecule has 0 unspecified atom stereocenters. The number of thiophene rings is 2. The summed E-state index contributed by atoms with van der Waals surface area (Å²) in [5.41, 5.74) is 4.85. The van der Waals surface area contributed by atoms with Crippen LogP contribution in [0, 0.1) is 0 Å². The molecule has 2 aliphatic heterocycles. The summed E-state index contributed by atoms with van der Waals surface area (Å²) in [5, 5.41) is 7.71. The Labute approximate surface area is 263 Å². The lowest BCUT2D eigenvalue weighted by atomic mass is 10.1. The lowest BCUT2D eigenvalue weighted by Crippen LogP contribution is -2.16. The molecule has 208 valence electrons. The fraction of sp³-hybridized carbons (Fsp3) is 0. The monoisotopic (exact) mass is 598 g/mol. The summed E-state index contributed by atoms with van der Waals surface area (Å²) < 4.78 is 5.30. The first-order valence-corrected chi connectivity index (χ1v) is 16.4. The van der Waals surface area contributed by atoms with Gasteiger partial charge in [0.1, 0.15) is 0 Å². The van der Waals surface area contributed by atoms with Gasteiger partial charge in [0.2, 0.25) is 0 Å². The molecular weight excluding hydrogens is 573 g/mol. The van der Waals surface area contributed by atoms with E-state index < -0.39 is 0 Å². The molecular formula is C40H26N2S2. The zero-order chi connectivity index (χ0) is 29.0. The Morgan fingerprint density at radius 1 is 0.364 bits per heavy atom. The Morgan fingerprint density at radius 2 is 0.750 bits per heavy atom. The smallest absolute Gasteiger partial charge is 0.0628 e. The average molecular weight is 599 g/mol. The number of rotatable bonds is 2. The van der Waals surface area contributed by atoms with Gasteiger partial charge in [0.05, 0.1) is 20.8 Å². The van der Waals surface area contributed by atoms with Gasteiger partial charge < -0.3 is 9.80 Å². The summed E-state index contributed by atoms with van der Waals surface area (Å²) in [6, 6.07) is 39.4. The van der Waals surface area contributed by atoms with E-state index in [4.69, 9.17) is 0 Å². The summed E-state index contributed by atoms with van der Waals surface area (Å²) >= 11 is 3.72. The predicted molar refractivity (Wildman–Crippen MR) is 193 cm³/mol. The highest BCUT2D eigenvalue weighted by atomic mass is 32.1.